The van der Waals surface area contributed by atoms with Gasteiger partial charge in [0.25, 0.3) is 0 Å². The Morgan fingerprint density at radius 2 is 1.95 bits per heavy atom. The van der Waals surface area contributed by atoms with Crippen LogP contribution in [0.15, 0.2) is 30.3 Å². The number of carbonyl (C=O) groups excluding carboxylic acids is 1. The number of amides is 1. The molecule has 4 saturated carbocycles. The Labute approximate surface area is 137 Å². The Balaban J connectivity index is 1.68. The molecule has 0 aromatic heterocycles. The molecule has 0 aliphatic heterocycles. The monoisotopic (exact) mass is 317 g/mol. The van der Waals surface area contributed by atoms with Crippen LogP contribution in [0.2, 0.25) is 0 Å². The minimum Gasteiger partial charge on any atom is -0.369 e. The lowest BCUT2D eigenvalue weighted by Gasteiger charge is -2.33. The van der Waals surface area contributed by atoms with E-state index in [2.05, 4.69) is 30.3 Å². The predicted octanol–water partition coefficient (Wildman–Crippen LogP) is 3.86. The molecule has 118 valence electrons. The van der Waals surface area contributed by atoms with Crippen molar-refractivity contribution in [2.45, 2.75) is 43.9 Å². The Hall–Kier alpha value is -1.02. The molecule has 3 heteroatoms. The fourth-order valence-corrected chi connectivity index (χ4v) is 6.49. The first kappa shape index (κ1) is 14.6. The van der Waals surface area contributed by atoms with E-state index >= 15 is 0 Å². The summed E-state index contributed by atoms with van der Waals surface area (Å²) in [4.78, 5) is 12.3. The van der Waals surface area contributed by atoms with Gasteiger partial charge in [0.05, 0.1) is 5.41 Å². The minimum atomic E-state index is -0.216. The number of hydrogen-bond donors (Lipinski definition) is 1. The summed E-state index contributed by atoms with van der Waals surface area (Å²) in [6.07, 6.45) is 6.65. The Kier molecular flexibility index (Phi) is 3.30. The third-order valence-corrected chi connectivity index (χ3v) is 7.28. The Morgan fingerprint density at radius 3 is 2.59 bits per heavy atom. The van der Waals surface area contributed by atoms with Gasteiger partial charge >= 0.3 is 0 Å². The zero-order valence-electron chi connectivity index (χ0n) is 12.9. The highest BCUT2D eigenvalue weighted by Gasteiger charge is 2.76. The van der Waals surface area contributed by atoms with Crippen LogP contribution in [0.4, 0.5) is 0 Å². The molecular weight excluding hydrogens is 294 g/mol. The van der Waals surface area contributed by atoms with Crippen molar-refractivity contribution in [3.63, 3.8) is 0 Å². The molecule has 1 amide bonds. The van der Waals surface area contributed by atoms with E-state index in [-0.39, 0.29) is 16.7 Å². The fourth-order valence-electron chi connectivity index (χ4n) is 6.30. The van der Waals surface area contributed by atoms with Gasteiger partial charge in [0.15, 0.2) is 0 Å². The van der Waals surface area contributed by atoms with Gasteiger partial charge in [0.1, 0.15) is 0 Å². The second kappa shape index (κ2) is 4.99. The van der Waals surface area contributed by atoms with Crippen molar-refractivity contribution in [2.24, 2.45) is 28.9 Å². The molecule has 5 atom stereocenters. The normalized spacial score (nSPS) is 41.4. The number of halogens is 1. The van der Waals surface area contributed by atoms with E-state index in [4.69, 9.17) is 17.3 Å². The van der Waals surface area contributed by atoms with Crippen LogP contribution in [0.1, 0.15) is 44.1 Å². The number of carbonyl (C=O) groups is 1. The molecular formula is C19H24ClNO. The maximum Gasteiger partial charge on any atom is 0.223 e. The summed E-state index contributed by atoms with van der Waals surface area (Å²) in [5.41, 5.74) is 7.32. The SMILES string of the molecule is NC(=O)C12CC3C(CCCCCl)C1CC3(c1ccccc1)C2. The topological polar surface area (TPSA) is 43.1 Å². The second-order valence-electron chi connectivity index (χ2n) is 7.69. The van der Waals surface area contributed by atoms with Crippen LogP contribution in [0, 0.1) is 23.2 Å². The maximum absolute atomic E-state index is 12.3. The smallest absolute Gasteiger partial charge is 0.223 e. The lowest BCUT2D eigenvalue weighted by molar-refractivity contribution is -0.128. The van der Waals surface area contributed by atoms with E-state index in [1.165, 1.54) is 18.4 Å². The highest BCUT2D eigenvalue weighted by molar-refractivity contribution is 6.17. The van der Waals surface area contributed by atoms with Crippen molar-refractivity contribution in [1.82, 2.24) is 0 Å². The molecule has 0 saturated heterocycles. The quantitative estimate of drug-likeness (QED) is 0.628. The van der Waals surface area contributed by atoms with Gasteiger partial charge in [0, 0.05) is 5.88 Å². The lowest BCUT2D eigenvalue weighted by atomic mass is 9.70. The maximum atomic E-state index is 12.3. The third kappa shape index (κ3) is 1.71. The van der Waals surface area contributed by atoms with Crippen molar-refractivity contribution in [2.75, 3.05) is 5.88 Å². The molecule has 1 aromatic rings. The number of primary amides is 1. The van der Waals surface area contributed by atoms with Crippen molar-refractivity contribution >= 4 is 17.5 Å². The molecule has 4 aliphatic carbocycles. The summed E-state index contributed by atoms with van der Waals surface area (Å²) in [5.74, 6) is 2.52. The molecule has 0 heterocycles. The van der Waals surface area contributed by atoms with E-state index in [1.54, 1.807) is 0 Å². The number of unbranched alkanes of at least 4 members (excludes halogenated alkanes) is 1. The molecule has 1 aromatic carbocycles. The fraction of sp³-hybridized carbons (Fsp3) is 0.632. The highest BCUT2D eigenvalue weighted by atomic mass is 35.5. The van der Waals surface area contributed by atoms with Crippen molar-refractivity contribution in [1.29, 1.82) is 0 Å². The number of alkyl halides is 1. The Morgan fingerprint density at radius 1 is 1.18 bits per heavy atom. The lowest BCUT2D eigenvalue weighted by Crippen LogP contribution is -2.38. The summed E-state index contributed by atoms with van der Waals surface area (Å²) < 4.78 is 0. The average Bonchev–Trinajstić information content (AvgIpc) is 3.21. The molecule has 4 fully saturated rings. The summed E-state index contributed by atoms with van der Waals surface area (Å²) >= 11 is 5.84. The molecule has 0 spiro atoms. The van der Waals surface area contributed by atoms with Gasteiger partial charge in [-0.15, -0.1) is 11.6 Å². The van der Waals surface area contributed by atoms with Gasteiger partial charge in [-0.3, -0.25) is 4.79 Å². The van der Waals surface area contributed by atoms with Crippen LogP contribution in [0.25, 0.3) is 0 Å². The first-order valence-corrected chi connectivity index (χ1v) is 9.09. The molecule has 5 rings (SSSR count). The number of nitrogens with two attached hydrogens (primary N) is 1. The number of rotatable bonds is 6. The van der Waals surface area contributed by atoms with Gasteiger partial charge in [-0.1, -0.05) is 36.8 Å². The summed E-state index contributed by atoms with van der Waals surface area (Å²) in [5, 5.41) is 0. The van der Waals surface area contributed by atoms with E-state index in [9.17, 15) is 4.79 Å². The van der Waals surface area contributed by atoms with E-state index < -0.39 is 0 Å². The van der Waals surface area contributed by atoms with Crippen molar-refractivity contribution in [3.8, 4) is 0 Å². The van der Waals surface area contributed by atoms with E-state index in [0.717, 1.165) is 31.6 Å². The molecule has 2 N–H and O–H groups in total. The highest BCUT2D eigenvalue weighted by Crippen LogP contribution is 2.78. The zero-order chi connectivity index (χ0) is 15.4. The first-order valence-electron chi connectivity index (χ1n) is 8.55. The van der Waals surface area contributed by atoms with Gasteiger partial charge in [-0.25, -0.2) is 0 Å². The van der Waals surface area contributed by atoms with E-state index in [1.807, 2.05) is 0 Å². The second-order valence-corrected chi connectivity index (χ2v) is 8.07. The summed E-state index contributed by atoms with van der Waals surface area (Å²) in [6, 6.07) is 10.9. The minimum absolute atomic E-state index is 0.0438. The molecule has 4 aliphatic rings. The predicted molar refractivity (Wildman–Crippen MR) is 88.6 cm³/mol. The first-order chi connectivity index (χ1) is 10.6. The van der Waals surface area contributed by atoms with Gasteiger partial charge < -0.3 is 5.73 Å². The van der Waals surface area contributed by atoms with Crippen LogP contribution < -0.4 is 5.73 Å². The largest absolute Gasteiger partial charge is 0.369 e. The number of benzene rings is 1. The standard InChI is InChI=1S/C19H24ClNO/c20-9-5-4-8-14-15-11-19(17(21)22)12-18(15,10-16(14)19)13-6-2-1-3-7-13/h1-3,6-7,14-16H,4-5,8-12H2,(H2,21,22). The van der Waals surface area contributed by atoms with Crippen LogP contribution in [0.5, 0.6) is 0 Å². The average molecular weight is 318 g/mol. The van der Waals surface area contributed by atoms with Gasteiger partial charge in [-0.2, -0.15) is 0 Å². The van der Waals surface area contributed by atoms with Crippen LogP contribution in [-0.4, -0.2) is 11.8 Å². The van der Waals surface area contributed by atoms with E-state index in [0.29, 0.717) is 17.8 Å². The molecule has 4 bridgehead atoms. The molecule has 2 nitrogen and oxygen atoms in total. The number of hydrogen-bond acceptors (Lipinski definition) is 1. The van der Waals surface area contributed by atoms with Gasteiger partial charge in [0.2, 0.25) is 5.91 Å². The molecule has 5 unspecified atom stereocenters. The van der Waals surface area contributed by atoms with Gasteiger partial charge in [-0.05, 0) is 60.8 Å². The summed E-state index contributed by atoms with van der Waals surface area (Å²) in [6.45, 7) is 0. The summed E-state index contributed by atoms with van der Waals surface area (Å²) in [7, 11) is 0. The molecule has 0 radical (unpaired) electrons. The Bertz CT molecular complexity index is 588. The van der Waals surface area contributed by atoms with Crippen LogP contribution >= 0.6 is 11.6 Å². The van der Waals surface area contributed by atoms with Crippen molar-refractivity contribution < 1.29 is 4.79 Å². The van der Waals surface area contributed by atoms with Crippen molar-refractivity contribution in [3.05, 3.63) is 35.9 Å². The molecule has 22 heavy (non-hydrogen) atoms. The third-order valence-electron chi connectivity index (χ3n) is 7.01. The van der Waals surface area contributed by atoms with Crippen LogP contribution in [-0.2, 0) is 10.2 Å². The zero-order valence-corrected chi connectivity index (χ0v) is 13.7. The van der Waals surface area contributed by atoms with Crippen LogP contribution in [0.3, 0.4) is 0 Å².